The van der Waals surface area contributed by atoms with Crippen LogP contribution >= 0.6 is 0 Å². The molecule has 0 saturated carbocycles. The summed E-state index contributed by atoms with van der Waals surface area (Å²) in [5.41, 5.74) is 4.73. The van der Waals surface area contributed by atoms with E-state index in [0.29, 0.717) is 0 Å². The van der Waals surface area contributed by atoms with Gasteiger partial charge in [-0.15, -0.1) is 0 Å². The smallest absolute Gasteiger partial charge is 0.205 e. The highest BCUT2D eigenvalue weighted by atomic mass is 14.9. The number of benzene rings is 1. The van der Waals surface area contributed by atoms with E-state index >= 15 is 0 Å². The van der Waals surface area contributed by atoms with E-state index in [0.717, 1.165) is 31.0 Å². The molecule has 0 bridgehead atoms. The summed E-state index contributed by atoms with van der Waals surface area (Å²) >= 11 is 0. The summed E-state index contributed by atoms with van der Waals surface area (Å²) in [6.45, 7) is 9.21. The molecule has 1 heterocycles. The molecule has 3 heteroatoms. The van der Waals surface area contributed by atoms with Crippen molar-refractivity contribution in [2.45, 2.75) is 27.3 Å². The van der Waals surface area contributed by atoms with E-state index in [1.165, 1.54) is 11.3 Å². The van der Waals surface area contributed by atoms with Gasteiger partial charge in [0, 0.05) is 42.7 Å². The minimum absolute atomic E-state index is 0.913. The first-order valence-electron chi connectivity index (χ1n) is 8.06. The lowest BCUT2D eigenvalue weighted by Gasteiger charge is -2.11. The van der Waals surface area contributed by atoms with Crippen LogP contribution in [0.2, 0.25) is 0 Å². The number of nitrogens with zero attached hydrogens (tertiary/aromatic N) is 1. The third-order valence-corrected chi connectivity index (χ3v) is 3.55. The van der Waals surface area contributed by atoms with Gasteiger partial charge < -0.3 is 10.6 Å². The SMILES string of the molecule is CCNc1ccc(C=Cc2cccc[n+]2CC)c(NCC)c1. The molecule has 1 aromatic carbocycles. The van der Waals surface area contributed by atoms with Gasteiger partial charge in [-0.2, -0.15) is 4.57 Å². The van der Waals surface area contributed by atoms with Crippen LogP contribution in [0.5, 0.6) is 0 Å². The molecule has 22 heavy (non-hydrogen) atoms. The maximum Gasteiger partial charge on any atom is 0.205 e. The Hall–Kier alpha value is -2.29. The molecule has 0 spiro atoms. The van der Waals surface area contributed by atoms with E-state index in [1.54, 1.807) is 0 Å². The van der Waals surface area contributed by atoms with E-state index in [-0.39, 0.29) is 0 Å². The molecule has 3 nitrogen and oxygen atoms in total. The molecule has 0 fully saturated rings. The van der Waals surface area contributed by atoms with Gasteiger partial charge in [0.2, 0.25) is 5.69 Å². The van der Waals surface area contributed by atoms with Gasteiger partial charge in [0.1, 0.15) is 6.54 Å². The van der Waals surface area contributed by atoms with Crippen molar-refractivity contribution in [1.29, 1.82) is 0 Å². The topological polar surface area (TPSA) is 27.9 Å². The lowest BCUT2D eigenvalue weighted by molar-refractivity contribution is -0.695. The van der Waals surface area contributed by atoms with Gasteiger partial charge in [-0.25, -0.2) is 0 Å². The lowest BCUT2D eigenvalue weighted by Crippen LogP contribution is -2.34. The zero-order chi connectivity index (χ0) is 15.8. The van der Waals surface area contributed by atoms with E-state index < -0.39 is 0 Å². The van der Waals surface area contributed by atoms with Crippen molar-refractivity contribution in [3.8, 4) is 0 Å². The Morgan fingerprint density at radius 1 is 0.955 bits per heavy atom. The summed E-state index contributed by atoms with van der Waals surface area (Å²) in [5, 5.41) is 6.80. The quantitative estimate of drug-likeness (QED) is 0.755. The molecule has 0 unspecified atom stereocenters. The van der Waals surface area contributed by atoms with Crippen molar-refractivity contribution in [1.82, 2.24) is 0 Å². The van der Waals surface area contributed by atoms with Crippen LogP contribution < -0.4 is 15.2 Å². The van der Waals surface area contributed by atoms with Crippen LogP contribution in [0.4, 0.5) is 11.4 Å². The van der Waals surface area contributed by atoms with Gasteiger partial charge in [-0.1, -0.05) is 6.07 Å². The second-order valence-corrected chi connectivity index (χ2v) is 5.11. The third-order valence-electron chi connectivity index (χ3n) is 3.55. The molecule has 0 aliphatic heterocycles. The van der Waals surface area contributed by atoms with Crippen molar-refractivity contribution in [3.05, 3.63) is 53.9 Å². The fourth-order valence-corrected chi connectivity index (χ4v) is 2.46. The Kier molecular flexibility index (Phi) is 6.01. The van der Waals surface area contributed by atoms with Gasteiger partial charge in [-0.05, 0) is 50.6 Å². The van der Waals surface area contributed by atoms with Gasteiger partial charge in [0.15, 0.2) is 6.20 Å². The summed E-state index contributed by atoms with van der Waals surface area (Å²) in [6.07, 6.45) is 6.46. The average Bonchev–Trinajstić information content (AvgIpc) is 2.55. The molecule has 1 aromatic heterocycles. The first-order valence-corrected chi connectivity index (χ1v) is 8.06. The maximum absolute atomic E-state index is 3.44. The maximum atomic E-state index is 3.44. The predicted octanol–water partition coefficient (Wildman–Crippen LogP) is 4.03. The normalized spacial score (nSPS) is 10.9. The van der Waals surface area contributed by atoms with Gasteiger partial charge in [-0.3, -0.25) is 0 Å². The zero-order valence-corrected chi connectivity index (χ0v) is 13.8. The summed E-state index contributed by atoms with van der Waals surface area (Å²) in [7, 11) is 0. The number of aromatic nitrogens is 1. The van der Waals surface area contributed by atoms with Crippen molar-refractivity contribution < 1.29 is 4.57 Å². The number of hydrogen-bond acceptors (Lipinski definition) is 2. The monoisotopic (exact) mass is 296 g/mol. The van der Waals surface area contributed by atoms with E-state index in [1.807, 2.05) is 0 Å². The molecular weight excluding hydrogens is 270 g/mol. The van der Waals surface area contributed by atoms with Crippen molar-refractivity contribution in [3.63, 3.8) is 0 Å². The molecule has 2 aromatic rings. The number of hydrogen-bond donors (Lipinski definition) is 2. The molecule has 2 rings (SSSR count). The Morgan fingerprint density at radius 2 is 1.77 bits per heavy atom. The molecule has 0 atom stereocenters. The van der Waals surface area contributed by atoms with Gasteiger partial charge in [0.05, 0.1) is 0 Å². The minimum atomic E-state index is 0.913. The number of aryl methyl sites for hydroxylation is 1. The van der Waals surface area contributed by atoms with Crippen LogP contribution in [0.3, 0.4) is 0 Å². The molecule has 0 amide bonds. The van der Waals surface area contributed by atoms with Crippen LogP contribution in [0.1, 0.15) is 32.0 Å². The lowest BCUT2D eigenvalue weighted by atomic mass is 10.1. The molecule has 0 aliphatic carbocycles. The number of nitrogens with one attached hydrogen (secondary N) is 2. The van der Waals surface area contributed by atoms with E-state index in [9.17, 15) is 0 Å². The minimum Gasteiger partial charge on any atom is -0.385 e. The Labute approximate surface area is 133 Å². The third kappa shape index (κ3) is 4.10. The Balaban J connectivity index is 2.29. The van der Waals surface area contributed by atoms with Crippen LogP contribution in [0.25, 0.3) is 12.2 Å². The second-order valence-electron chi connectivity index (χ2n) is 5.11. The van der Waals surface area contributed by atoms with Crippen molar-refractivity contribution in [2.75, 3.05) is 23.7 Å². The predicted molar refractivity (Wildman–Crippen MR) is 96.0 cm³/mol. The largest absolute Gasteiger partial charge is 0.385 e. The van der Waals surface area contributed by atoms with Gasteiger partial charge >= 0.3 is 0 Å². The fourth-order valence-electron chi connectivity index (χ4n) is 2.46. The summed E-state index contributed by atoms with van der Waals surface area (Å²) < 4.78 is 2.23. The molecular formula is C19H26N3+. The molecule has 116 valence electrons. The molecule has 0 radical (unpaired) electrons. The average molecular weight is 296 g/mol. The summed E-state index contributed by atoms with van der Waals surface area (Å²) in [5.74, 6) is 0. The highest BCUT2D eigenvalue weighted by molar-refractivity contribution is 5.77. The fraction of sp³-hybridized carbons (Fsp3) is 0.316. The second kappa shape index (κ2) is 8.23. The van der Waals surface area contributed by atoms with Crippen LogP contribution in [-0.2, 0) is 6.54 Å². The zero-order valence-electron chi connectivity index (χ0n) is 13.8. The Morgan fingerprint density at radius 3 is 2.50 bits per heavy atom. The summed E-state index contributed by atoms with van der Waals surface area (Å²) in [6, 6.07) is 12.7. The standard InChI is InChI=1S/C19H25N3/c1-4-20-17-12-10-16(19(15-17)21-5-2)11-13-18-9-7-8-14-22(18)6-3/h7-15H,4-6H2,1-3H3,(H,20,21)/p+1. The number of anilines is 2. The van der Waals surface area contributed by atoms with Crippen LogP contribution in [0, 0.1) is 0 Å². The molecule has 0 aliphatic rings. The van der Waals surface area contributed by atoms with E-state index in [2.05, 4.69) is 90.7 Å². The van der Waals surface area contributed by atoms with Gasteiger partial charge in [0.25, 0.3) is 0 Å². The first kappa shape index (κ1) is 16.1. The first-order chi connectivity index (χ1) is 10.8. The number of rotatable bonds is 7. The van der Waals surface area contributed by atoms with E-state index in [4.69, 9.17) is 0 Å². The van der Waals surface area contributed by atoms with Crippen LogP contribution in [0.15, 0.2) is 42.6 Å². The Bertz CT molecular complexity index is 632. The molecule has 2 N–H and O–H groups in total. The highest BCUT2D eigenvalue weighted by Crippen LogP contribution is 2.23. The van der Waals surface area contributed by atoms with Crippen LogP contribution in [-0.4, -0.2) is 13.1 Å². The summed E-state index contributed by atoms with van der Waals surface area (Å²) in [4.78, 5) is 0. The molecule has 0 saturated heterocycles. The number of pyridine rings is 1. The highest BCUT2D eigenvalue weighted by Gasteiger charge is 2.04. The van der Waals surface area contributed by atoms with Crippen molar-refractivity contribution >= 4 is 23.5 Å². The van der Waals surface area contributed by atoms with Crippen molar-refractivity contribution in [2.24, 2.45) is 0 Å².